The van der Waals surface area contributed by atoms with Crippen molar-refractivity contribution < 1.29 is 9.59 Å². The first-order chi connectivity index (χ1) is 14.8. The third kappa shape index (κ3) is 4.71. The van der Waals surface area contributed by atoms with Crippen LogP contribution in [0.25, 0.3) is 5.69 Å². The summed E-state index contributed by atoms with van der Waals surface area (Å²) in [6.45, 7) is 7.36. The minimum Gasteiger partial charge on any atom is -0.326 e. The van der Waals surface area contributed by atoms with Gasteiger partial charge in [0, 0.05) is 24.1 Å². The number of aromatic nitrogens is 3. The van der Waals surface area contributed by atoms with Crippen LogP contribution < -0.4 is 5.32 Å². The third-order valence-electron chi connectivity index (χ3n) is 5.34. The van der Waals surface area contributed by atoms with E-state index in [1.807, 2.05) is 67.8 Å². The van der Waals surface area contributed by atoms with Crippen molar-refractivity contribution in [3.63, 3.8) is 0 Å². The summed E-state index contributed by atoms with van der Waals surface area (Å²) in [4.78, 5) is 24.7. The van der Waals surface area contributed by atoms with Crippen LogP contribution in [-0.4, -0.2) is 31.7 Å². The van der Waals surface area contributed by atoms with Gasteiger partial charge in [-0.15, -0.1) is 10.2 Å². The Labute approximate surface area is 186 Å². The van der Waals surface area contributed by atoms with E-state index in [-0.39, 0.29) is 16.9 Å². The van der Waals surface area contributed by atoms with Crippen LogP contribution in [-0.2, 0) is 4.79 Å². The summed E-state index contributed by atoms with van der Waals surface area (Å²) in [5, 5.41) is 12.1. The molecule has 1 amide bonds. The maximum Gasteiger partial charge on any atom is 0.221 e. The molecule has 1 aliphatic rings. The first kappa shape index (κ1) is 21.3. The largest absolute Gasteiger partial charge is 0.326 e. The normalized spacial score (nSPS) is 14.3. The van der Waals surface area contributed by atoms with Crippen molar-refractivity contribution in [3.8, 4) is 5.69 Å². The highest BCUT2D eigenvalue weighted by Gasteiger charge is 2.32. The van der Waals surface area contributed by atoms with Gasteiger partial charge in [-0.25, -0.2) is 0 Å². The number of aryl methyl sites for hydroxylation is 2. The summed E-state index contributed by atoms with van der Waals surface area (Å²) in [6.07, 6.45) is 2.18. The van der Waals surface area contributed by atoms with Gasteiger partial charge in [-0.1, -0.05) is 35.5 Å². The minimum atomic E-state index is -0.311. The van der Waals surface area contributed by atoms with Crippen LogP contribution in [0, 0.1) is 13.8 Å². The number of rotatable bonds is 7. The van der Waals surface area contributed by atoms with Gasteiger partial charge in [-0.05, 0) is 63.4 Å². The third-order valence-corrected chi connectivity index (χ3v) is 6.38. The summed E-state index contributed by atoms with van der Waals surface area (Å²) >= 11 is 1.42. The average Bonchev–Trinajstić information content (AvgIpc) is 3.49. The van der Waals surface area contributed by atoms with Gasteiger partial charge in [0.2, 0.25) is 5.91 Å². The Morgan fingerprint density at radius 3 is 2.61 bits per heavy atom. The van der Waals surface area contributed by atoms with Gasteiger partial charge in [0.05, 0.1) is 10.9 Å². The number of hydrogen-bond acceptors (Lipinski definition) is 5. The second-order valence-electron chi connectivity index (χ2n) is 8.12. The molecule has 0 radical (unpaired) electrons. The van der Waals surface area contributed by atoms with Crippen LogP contribution in [0.1, 0.15) is 59.9 Å². The van der Waals surface area contributed by atoms with Crippen LogP contribution in [0.2, 0.25) is 0 Å². The Bertz CT molecular complexity index is 1150. The molecule has 0 bridgehead atoms. The molecule has 3 aromatic rings. The molecule has 1 aliphatic carbocycles. The highest BCUT2D eigenvalue weighted by molar-refractivity contribution is 8.00. The highest BCUT2D eigenvalue weighted by atomic mass is 32.2. The molecule has 6 nitrogen and oxygen atoms in total. The van der Waals surface area contributed by atoms with Gasteiger partial charge in [-0.2, -0.15) is 0 Å². The van der Waals surface area contributed by atoms with Crippen molar-refractivity contribution in [2.24, 2.45) is 0 Å². The summed E-state index contributed by atoms with van der Waals surface area (Å²) in [5.41, 5.74) is 4.40. The van der Waals surface area contributed by atoms with Crippen LogP contribution in [0.15, 0.2) is 47.6 Å². The number of carbonyl (C=O) groups is 2. The summed E-state index contributed by atoms with van der Waals surface area (Å²) in [6, 6.07) is 13.6. The fourth-order valence-electron chi connectivity index (χ4n) is 3.56. The van der Waals surface area contributed by atoms with Crippen LogP contribution >= 0.6 is 11.8 Å². The Hall–Kier alpha value is -2.93. The molecule has 1 saturated carbocycles. The lowest BCUT2D eigenvalue weighted by Gasteiger charge is -2.15. The van der Waals surface area contributed by atoms with E-state index in [9.17, 15) is 9.59 Å². The lowest BCUT2D eigenvalue weighted by atomic mass is 10.0. The zero-order chi connectivity index (χ0) is 22.1. The SMILES string of the molecule is CC(=O)Nc1cccc(-n2c(SC(C)C(=O)c3cc(C)ccc3C)nnc2C2CC2)c1. The lowest BCUT2D eigenvalue weighted by molar-refractivity contribution is -0.114. The highest BCUT2D eigenvalue weighted by Crippen LogP contribution is 2.42. The molecule has 0 aliphatic heterocycles. The Morgan fingerprint density at radius 1 is 1.13 bits per heavy atom. The van der Waals surface area contributed by atoms with Crippen LogP contribution in [0.5, 0.6) is 0 Å². The van der Waals surface area contributed by atoms with Crippen molar-refractivity contribution in [1.29, 1.82) is 0 Å². The number of carbonyl (C=O) groups excluding carboxylic acids is 2. The molecule has 4 rings (SSSR count). The molecule has 1 aromatic heterocycles. The second-order valence-corrected chi connectivity index (χ2v) is 9.43. The minimum absolute atomic E-state index is 0.0840. The van der Waals surface area contributed by atoms with Crippen molar-refractivity contribution in [2.45, 2.75) is 56.9 Å². The average molecular weight is 435 g/mol. The first-order valence-electron chi connectivity index (χ1n) is 10.4. The molecule has 7 heteroatoms. The Morgan fingerprint density at radius 2 is 1.90 bits per heavy atom. The van der Waals surface area contributed by atoms with Gasteiger partial charge in [-0.3, -0.25) is 14.2 Å². The molecule has 1 unspecified atom stereocenters. The van der Waals surface area contributed by atoms with E-state index < -0.39 is 0 Å². The van der Waals surface area contributed by atoms with E-state index in [0.29, 0.717) is 11.1 Å². The fourth-order valence-corrected chi connectivity index (χ4v) is 4.51. The van der Waals surface area contributed by atoms with Gasteiger partial charge >= 0.3 is 0 Å². The predicted molar refractivity (Wildman–Crippen MR) is 123 cm³/mol. The molecule has 0 saturated heterocycles. The molecule has 0 spiro atoms. The number of benzene rings is 2. The van der Waals surface area contributed by atoms with E-state index in [4.69, 9.17) is 0 Å². The fraction of sp³-hybridized carbons (Fsp3) is 0.333. The molecule has 1 N–H and O–H groups in total. The van der Waals surface area contributed by atoms with E-state index in [1.54, 1.807) is 0 Å². The van der Waals surface area contributed by atoms with E-state index in [2.05, 4.69) is 15.5 Å². The maximum absolute atomic E-state index is 13.2. The van der Waals surface area contributed by atoms with Gasteiger partial charge in [0.25, 0.3) is 0 Å². The smallest absolute Gasteiger partial charge is 0.221 e. The number of Topliss-reactive ketones (excluding diaryl/α,β-unsaturated/α-hetero) is 1. The molecular formula is C24H26N4O2S. The zero-order valence-electron chi connectivity index (χ0n) is 18.2. The van der Waals surface area contributed by atoms with Crippen molar-refractivity contribution in [3.05, 3.63) is 65.0 Å². The predicted octanol–water partition coefficient (Wildman–Crippen LogP) is 5.08. The van der Waals surface area contributed by atoms with Gasteiger partial charge in [0.15, 0.2) is 10.9 Å². The number of ketones is 1. The number of nitrogens with zero attached hydrogens (tertiary/aromatic N) is 3. The van der Waals surface area contributed by atoms with E-state index in [0.717, 1.165) is 46.7 Å². The van der Waals surface area contributed by atoms with Gasteiger partial charge in [0.1, 0.15) is 5.82 Å². The van der Waals surface area contributed by atoms with E-state index >= 15 is 0 Å². The van der Waals surface area contributed by atoms with Crippen molar-refractivity contribution in [1.82, 2.24) is 14.8 Å². The standard InChI is InChI=1S/C24H26N4O2S/c1-14-8-9-15(2)21(12-14)22(30)16(3)31-24-27-26-23(18-10-11-18)28(24)20-7-5-6-19(13-20)25-17(4)29/h5-9,12-13,16,18H,10-11H2,1-4H3,(H,25,29). The summed E-state index contributed by atoms with van der Waals surface area (Å²) < 4.78 is 2.03. The first-order valence-corrected chi connectivity index (χ1v) is 11.3. The van der Waals surface area contributed by atoms with Gasteiger partial charge < -0.3 is 5.32 Å². The lowest BCUT2D eigenvalue weighted by Crippen LogP contribution is -2.16. The van der Waals surface area contributed by atoms with Crippen LogP contribution in [0.3, 0.4) is 0 Å². The van der Waals surface area contributed by atoms with Crippen molar-refractivity contribution >= 4 is 29.1 Å². The quantitative estimate of drug-likeness (QED) is 0.414. The maximum atomic E-state index is 13.2. The zero-order valence-corrected chi connectivity index (χ0v) is 19.0. The molecular weight excluding hydrogens is 408 g/mol. The number of thioether (sulfide) groups is 1. The summed E-state index contributed by atoms with van der Waals surface area (Å²) in [7, 11) is 0. The number of hydrogen-bond donors (Lipinski definition) is 1. The number of nitrogens with one attached hydrogen (secondary N) is 1. The molecule has 1 fully saturated rings. The molecule has 1 atom stereocenters. The molecule has 31 heavy (non-hydrogen) atoms. The molecule has 2 aromatic carbocycles. The monoisotopic (exact) mass is 434 g/mol. The number of anilines is 1. The Balaban J connectivity index is 1.66. The van der Waals surface area contributed by atoms with Crippen LogP contribution in [0.4, 0.5) is 5.69 Å². The topological polar surface area (TPSA) is 76.9 Å². The molecule has 1 heterocycles. The molecule has 160 valence electrons. The van der Waals surface area contributed by atoms with E-state index in [1.165, 1.54) is 18.7 Å². The second kappa shape index (κ2) is 8.67. The van der Waals surface area contributed by atoms with Crippen molar-refractivity contribution in [2.75, 3.05) is 5.32 Å². The Kier molecular flexibility index (Phi) is 5.96. The summed E-state index contributed by atoms with van der Waals surface area (Å²) in [5.74, 6) is 1.26. The number of amides is 1.